The Hall–Kier alpha value is -0.860. The van der Waals surface area contributed by atoms with Gasteiger partial charge in [-0.3, -0.25) is 9.59 Å². The van der Waals surface area contributed by atoms with Gasteiger partial charge in [-0.1, -0.05) is 11.6 Å². The minimum atomic E-state index is -0.490. The van der Waals surface area contributed by atoms with Gasteiger partial charge < -0.3 is 15.5 Å². The standard InChI is InChI=1S/C13H15ClIN3O2/c1-16-12(19)11-7-17-4-5-18(11)13(20)9-6-8(14)2-3-10(9)15/h2-3,6,11,17H,4-5,7H2,1H3,(H,16,19). The van der Waals surface area contributed by atoms with Crippen molar-refractivity contribution in [1.82, 2.24) is 15.5 Å². The summed E-state index contributed by atoms with van der Waals surface area (Å²) in [5.74, 6) is -0.324. The van der Waals surface area contributed by atoms with Crippen molar-refractivity contribution >= 4 is 46.0 Å². The monoisotopic (exact) mass is 407 g/mol. The van der Waals surface area contributed by atoms with Crippen LogP contribution >= 0.6 is 34.2 Å². The summed E-state index contributed by atoms with van der Waals surface area (Å²) >= 11 is 8.06. The smallest absolute Gasteiger partial charge is 0.255 e. The molecule has 0 bridgehead atoms. The second kappa shape index (κ2) is 6.73. The van der Waals surface area contributed by atoms with Crippen LogP contribution in [0, 0.1) is 3.57 Å². The zero-order valence-corrected chi connectivity index (χ0v) is 13.9. The fourth-order valence-corrected chi connectivity index (χ4v) is 2.90. The van der Waals surface area contributed by atoms with E-state index in [2.05, 4.69) is 33.2 Å². The van der Waals surface area contributed by atoms with E-state index in [1.165, 1.54) is 0 Å². The average Bonchev–Trinajstić information content (AvgIpc) is 2.48. The Morgan fingerprint density at radius 2 is 2.25 bits per heavy atom. The van der Waals surface area contributed by atoms with E-state index < -0.39 is 6.04 Å². The van der Waals surface area contributed by atoms with Crippen molar-refractivity contribution in [3.05, 3.63) is 32.4 Å². The molecule has 5 nitrogen and oxygen atoms in total. The summed E-state index contributed by atoms with van der Waals surface area (Å²) < 4.78 is 0.825. The van der Waals surface area contributed by atoms with Gasteiger partial charge in [-0.25, -0.2) is 0 Å². The Labute approximate surface area is 136 Å². The molecule has 1 saturated heterocycles. The van der Waals surface area contributed by atoms with Crippen LogP contribution in [0.3, 0.4) is 0 Å². The molecular formula is C13H15ClIN3O2. The van der Waals surface area contributed by atoms with Crippen molar-refractivity contribution < 1.29 is 9.59 Å². The van der Waals surface area contributed by atoms with Crippen molar-refractivity contribution in [3.63, 3.8) is 0 Å². The van der Waals surface area contributed by atoms with E-state index in [-0.39, 0.29) is 11.8 Å². The molecule has 1 aromatic carbocycles. The highest BCUT2D eigenvalue weighted by atomic mass is 127. The molecule has 1 unspecified atom stereocenters. The average molecular weight is 408 g/mol. The number of nitrogens with zero attached hydrogens (tertiary/aromatic N) is 1. The lowest BCUT2D eigenvalue weighted by atomic mass is 10.1. The van der Waals surface area contributed by atoms with Crippen molar-refractivity contribution in [2.75, 3.05) is 26.7 Å². The van der Waals surface area contributed by atoms with E-state index in [0.717, 1.165) is 3.57 Å². The van der Waals surface area contributed by atoms with Crippen LogP contribution in [0.25, 0.3) is 0 Å². The van der Waals surface area contributed by atoms with Crippen LogP contribution in [0.15, 0.2) is 18.2 Å². The van der Waals surface area contributed by atoms with Gasteiger partial charge in [0, 0.05) is 35.3 Å². The SMILES string of the molecule is CNC(=O)C1CNCCN1C(=O)c1cc(Cl)ccc1I. The lowest BCUT2D eigenvalue weighted by Gasteiger charge is -2.35. The van der Waals surface area contributed by atoms with Gasteiger partial charge in [-0.05, 0) is 40.8 Å². The lowest BCUT2D eigenvalue weighted by molar-refractivity contribution is -0.125. The van der Waals surface area contributed by atoms with Crippen molar-refractivity contribution in [2.45, 2.75) is 6.04 Å². The van der Waals surface area contributed by atoms with Crippen LogP contribution in [0.1, 0.15) is 10.4 Å². The number of piperazine rings is 1. The molecule has 7 heteroatoms. The lowest BCUT2D eigenvalue weighted by Crippen LogP contribution is -2.59. The van der Waals surface area contributed by atoms with Gasteiger partial charge in [0.25, 0.3) is 5.91 Å². The third-order valence-corrected chi connectivity index (χ3v) is 4.39. The molecule has 0 aliphatic carbocycles. The fraction of sp³-hybridized carbons (Fsp3) is 0.385. The van der Waals surface area contributed by atoms with Gasteiger partial charge >= 0.3 is 0 Å². The first-order valence-electron chi connectivity index (χ1n) is 6.23. The Balaban J connectivity index is 2.30. The topological polar surface area (TPSA) is 61.4 Å². The minimum absolute atomic E-state index is 0.160. The molecular weight excluding hydrogens is 393 g/mol. The number of carbonyl (C=O) groups is 2. The van der Waals surface area contributed by atoms with Crippen LogP contribution in [-0.4, -0.2) is 49.4 Å². The highest BCUT2D eigenvalue weighted by molar-refractivity contribution is 14.1. The zero-order chi connectivity index (χ0) is 14.7. The van der Waals surface area contributed by atoms with E-state index in [1.54, 1.807) is 30.1 Å². The highest BCUT2D eigenvalue weighted by Crippen LogP contribution is 2.21. The number of hydrogen-bond donors (Lipinski definition) is 2. The number of hydrogen-bond acceptors (Lipinski definition) is 3. The number of halogens is 2. The summed E-state index contributed by atoms with van der Waals surface area (Å²) in [5, 5.41) is 6.24. The first kappa shape index (κ1) is 15.5. The molecule has 1 atom stereocenters. The number of amides is 2. The van der Waals surface area contributed by atoms with Gasteiger partial charge in [0.05, 0.1) is 5.56 Å². The van der Waals surface area contributed by atoms with Gasteiger partial charge in [0.15, 0.2) is 0 Å². The zero-order valence-electron chi connectivity index (χ0n) is 11.0. The van der Waals surface area contributed by atoms with Crippen molar-refractivity contribution in [2.24, 2.45) is 0 Å². The summed E-state index contributed by atoms with van der Waals surface area (Å²) in [6, 6.07) is 4.70. The molecule has 0 aromatic heterocycles. The second-order valence-corrected chi connectivity index (χ2v) is 6.06. The molecule has 2 N–H and O–H groups in total. The summed E-state index contributed by atoms with van der Waals surface area (Å²) in [5.41, 5.74) is 0.536. The summed E-state index contributed by atoms with van der Waals surface area (Å²) in [6.45, 7) is 1.64. The molecule has 0 saturated carbocycles. The third-order valence-electron chi connectivity index (χ3n) is 3.21. The van der Waals surface area contributed by atoms with E-state index >= 15 is 0 Å². The number of likely N-dealkylation sites (N-methyl/N-ethyl adjacent to an activating group) is 1. The van der Waals surface area contributed by atoms with Crippen molar-refractivity contribution in [1.29, 1.82) is 0 Å². The Kier molecular flexibility index (Phi) is 5.22. The summed E-state index contributed by atoms with van der Waals surface area (Å²) in [6.07, 6.45) is 0. The predicted molar refractivity (Wildman–Crippen MR) is 85.9 cm³/mol. The minimum Gasteiger partial charge on any atom is -0.357 e. The molecule has 1 aliphatic rings. The molecule has 20 heavy (non-hydrogen) atoms. The van der Waals surface area contributed by atoms with E-state index in [4.69, 9.17) is 11.6 Å². The Morgan fingerprint density at radius 1 is 1.50 bits per heavy atom. The molecule has 1 heterocycles. The number of benzene rings is 1. The largest absolute Gasteiger partial charge is 0.357 e. The van der Waals surface area contributed by atoms with E-state index in [0.29, 0.717) is 30.2 Å². The molecule has 2 rings (SSSR count). The first-order valence-corrected chi connectivity index (χ1v) is 7.68. The molecule has 0 radical (unpaired) electrons. The third kappa shape index (κ3) is 3.24. The van der Waals surface area contributed by atoms with Gasteiger partial charge in [-0.15, -0.1) is 0 Å². The van der Waals surface area contributed by atoms with Crippen LogP contribution in [-0.2, 0) is 4.79 Å². The Morgan fingerprint density at radius 3 is 2.95 bits per heavy atom. The Bertz CT molecular complexity index is 538. The van der Waals surface area contributed by atoms with Gasteiger partial charge in [0.1, 0.15) is 6.04 Å². The molecule has 0 spiro atoms. The van der Waals surface area contributed by atoms with Crippen LogP contribution < -0.4 is 10.6 Å². The van der Waals surface area contributed by atoms with Gasteiger partial charge in [-0.2, -0.15) is 0 Å². The molecule has 2 amide bonds. The van der Waals surface area contributed by atoms with Crippen LogP contribution in [0.4, 0.5) is 0 Å². The first-order chi connectivity index (χ1) is 9.54. The maximum atomic E-state index is 12.7. The van der Waals surface area contributed by atoms with Crippen molar-refractivity contribution in [3.8, 4) is 0 Å². The summed E-state index contributed by atoms with van der Waals surface area (Å²) in [4.78, 5) is 26.2. The number of rotatable bonds is 2. The van der Waals surface area contributed by atoms with E-state index in [9.17, 15) is 9.59 Å². The highest BCUT2D eigenvalue weighted by Gasteiger charge is 2.32. The second-order valence-electron chi connectivity index (χ2n) is 4.46. The molecule has 1 fully saturated rings. The molecule has 1 aromatic rings. The molecule has 1 aliphatic heterocycles. The quantitative estimate of drug-likeness (QED) is 0.722. The summed E-state index contributed by atoms with van der Waals surface area (Å²) in [7, 11) is 1.57. The molecule has 108 valence electrons. The van der Waals surface area contributed by atoms with Crippen LogP contribution in [0.5, 0.6) is 0 Å². The normalized spacial score (nSPS) is 18.8. The van der Waals surface area contributed by atoms with E-state index in [1.807, 2.05) is 0 Å². The number of carbonyl (C=O) groups excluding carboxylic acids is 2. The fourth-order valence-electron chi connectivity index (χ4n) is 2.16. The number of nitrogens with one attached hydrogen (secondary N) is 2. The van der Waals surface area contributed by atoms with Gasteiger partial charge in [0.2, 0.25) is 5.91 Å². The predicted octanol–water partition coefficient (Wildman–Crippen LogP) is 1.10. The maximum Gasteiger partial charge on any atom is 0.255 e. The van der Waals surface area contributed by atoms with Crippen LogP contribution in [0.2, 0.25) is 5.02 Å². The maximum absolute atomic E-state index is 12.7.